The fraction of sp³-hybridized carbons (Fsp3) is 0.750. The van der Waals surface area contributed by atoms with Gasteiger partial charge in [0.05, 0.1) is 0 Å². The summed E-state index contributed by atoms with van der Waals surface area (Å²) >= 11 is 6.23. The molecule has 154 valence electrons. The lowest BCUT2D eigenvalue weighted by Gasteiger charge is -2.52. The first kappa shape index (κ1) is 22.7. The Labute approximate surface area is 173 Å². The quantitative estimate of drug-likeness (QED) is 0.443. The van der Waals surface area contributed by atoms with Crippen LogP contribution in [0, 0.1) is 5.92 Å². The summed E-state index contributed by atoms with van der Waals surface area (Å²) in [7, 11) is 2.29. The van der Waals surface area contributed by atoms with Crippen LogP contribution < -0.4 is 0 Å². The number of halogens is 1. The van der Waals surface area contributed by atoms with Gasteiger partial charge in [-0.15, -0.1) is 0 Å². The maximum absolute atomic E-state index is 6.23. The van der Waals surface area contributed by atoms with E-state index in [-0.39, 0.29) is 5.54 Å². The third-order valence-corrected chi connectivity index (χ3v) is 7.04. The topological polar surface area (TPSA) is 6.48 Å². The average Bonchev–Trinajstić information content (AvgIpc) is 2.68. The summed E-state index contributed by atoms with van der Waals surface area (Å²) in [6.45, 7) is 12.9. The molecular formula is C24H41ClN2. The highest BCUT2D eigenvalue weighted by molar-refractivity contribution is 6.30. The van der Waals surface area contributed by atoms with Crippen molar-refractivity contribution in [3.63, 3.8) is 0 Å². The first-order valence-corrected chi connectivity index (χ1v) is 11.6. The Balaban J connectivity index is 2.37. The molecule has 0 radical (unpaired) electrons. The Morgan fingerprint density at radius 1 is 1.04 bits per heavy atom. The van der Waals surface area contributed by atoms with E-state index in [1.807, 2.05) is 0 Å². The second kappa shape index (κ2) is 10.8. The van der Waals surface area contributed by atoms with E-state index in [2.05, 4.69) is 68.8 Å². The van der Waals surface area contributed by atoms with Crippen molar-refractivity contribution >= 4 is 11.6 Å². The van der Waals surface area contributed by atoms with Crippen LogP contribution in [0.15, 0.2) is 24.3 Å². The molecule has 2 nitrogen and oxygen atoms in total. The van der Waals surface area contributed by atoms with Crippen LogP contribution in [0.1, 0.15) is 78.2 Å². The summed E-state index contributed by atoms with van der Waals surface area (Å²) in [6, 6.07) is 9.47. The Kier molecular flexibility index (Phi) is 9.11. The van der Waals surface area contributed by atoms with Crippen molar-refractivity contribution in [2.24, 2.45) is 5.92 Å². The molecule has 2 rings (SSSR count). The van der Waals surface area contributed by atoms with Gasteiger partial charge in [0, 0.05) is 16.6 Å². The molecule has 3 heteroatoms. The molecular weight excluding hydrogens is 352 g/mol. The van der Waals surface area contributed by atoms with Gasteiger partial charge in [-0.05, 0) is 82.4 Å². The maximum atomic E-state index is 6.23. The molecule has 1 aromatic rings. The smallest absolute Gasteiger partial charge is 0.0464 e. The number of hydrogen-bond acceptors (Lipinski definition) is 2. The molecule has 3 unspecified atom stereocenters. The fourth-order valence-corrected chi connectivity index (χ4v) is 5.19. The highest BCUT2D eigenvalue weighted by Crippen LogP contribution is 2.46. The molecule has 3 atom stereocenters. The van der Waals surface area contributed by atoms with E-state index in [0.29, 0.717) is 12.0 Å². The summed E-state index contributed by atoms with van der Waals surface area (Å²) in [4.78, 5) is 5.39. The molecule has 1 aliphatic rings. The van der Waals surface area contributed by atoms with Gasteiger partial charge in [-0.3, -0.25) is 4.90 Å². The second-order valence-electron chi connectivity index (χ2n) is 8.59. The SMILES string of the molecule is CCCCN(CCCC)C1(c2ccc(Cl)cc2)CCC(N(C)CC)C(C)C1. The summed E-state index contributed by atoms with van der Waals surface area (Å²) in [5.41, 5.74) is 1.64. The van der Waals surface area contributed by atoms with Crippen LogP contribution in [-0.2, 0) is 5.54 Å². The predicted octanol–water partition coefficient (Wildman–Crippen LogP) is 6.58. The number of unbranched alkanes of at least 4 members (excludes halogenated alkanes) is 2. The van der Waals surface area contributed by atoms with Crippen molar-refractivity contribution < 1.29 is 0 Å². The monoisotopic (exact) mass is 392 g/mol. The predicted molar refractivity (Wildman–Crippen MR) is 120 cm³/mol. The Morgan fingerprint density at radius 2 is 1.63 bits per heavy atom. The molecule has 0 heterocycles. The van der Waals surface area contributed by atoms with Crippen molar-refractivity contribution in [3.05, 3.63) is 34.9 Å². The first-order chi connectivity index (χ1) is 13.0. The van der Waals surface area contributed by atoms with E-state index in [1.165, 1.54) is 63.6 Å². The number of benzene rings is 1. The Morgan fingerprint density at radius 3 is 2.11 bits per heavy atom. The minimum absolute atomic E-state index is 0.166. The van der Waals surface area contributed by atoms with Gasteiger partial charge >= 0.3 is 0 Å². The molecule has 0 saturated heterocycles. The van der Waals surface area contributed by atoms with Gasteiger partial charge < -0.3 is 4.90 Å². The molecule has 1 saturated carbocycles. The van der Waals surface area contributed by atoms with Gasteiger partial charge in [0.1, 0.15) is 0 Å². The molecule has 0 aliphatic heterocycles. The van der Waals surface area contributed by atoms with Crippen LogP contribution >= 0.6 is 11.6 Å². The van der Waals surface area contributed by atoms with E-state index in [9.17, 15) is 0 Å². The third-order valence-electron chi connectivity index (χ3n) is 6.79. The Bertz CT molecular complexity index is 536. The zero-order valence-corrected chi connectivity index (χ0v) is 19.1. The number of nitrogens with zero attached hydrogens (tertiary/aromatic N) is 2. The van der Waals surface area contributed by atoms with Crippen LogP contribution in [0.4, 0.5) is 0 Å². The summed E-state index contributed by atoms with van der Waals surface area (Å²) in [5, 5.41) is 0.843. The van der Waals surface area contributed by atoms with Gasteiger partial charge in [-0.2, -0.15) is 0 Å². The van der Waals surface area contributed by atoms with Gasteiger partial charge in [0.15, 0.2) is 0 Å². The van der Waals surface area contributed by atoms with Crippen LogP contribution in [0.5, 0.6) is 0 Å². The largest absolute Gasteiger partial charge is 0.303 e. The minimum atomic E-state index is 0.166. The number of rotatable bonds is 10. The lowest BCUT2D eigenvalue weighted by atomic mass is 9.68. The average molecular weight is 393 g/mol. The van der Waals surface area contributed by atoms with Crippen molar-refractivity contribution in [3.8, 4) is 0 Å². The summed E-state index contributed by atoms with van der Waals surface area (Å²) < 4.78 is 0. The molecule has 1 aliphatic carbocycles. The van der Waals surface area contributed by atoms with Crippen molar-refractivity contribution in [2.45, 2.75) is 84.2 Å². The van der Waals surface area contributed by atoms with E-state index < -0.39 is 0 Å². The normalized spacial score (nSPS) is 26.1. The lowest BCUT2D eigenvalue weighted by Crippen LogP contribution is -2.54. The van der Waals surface area contributed by atoms with E-state index in [4.69, 9.17) is 11.6 Å². The molecule has 1 aromatic carbocycles. The molecule has 0 amide bonds. The minimum Gasteiger partial charge on any atom is -0.303 e. The standard InChI is InChI=1S/C24H41ClN2/c1-6-9-17-27(18-10-7-2)24(21-11-13-22(25)14-12-21)16-15-23(20(4)19-24)26(5)8-3/h11-14,20,23H,6-10,15-19H2,1-5H3. The molecule has 1 fully saturated rings. The number of hydrogen-bond donors (Lipinski definition) is 0. The molecule has 0 aromatic heterocycles. The lowest BCUT2D eigenvalue weighted by molar-refractivity contribution is -0.00693. The van der Waals surface area contributed by atoms with Crippen molar-refractivity contribution in [1.82, 2.24) is 9.80 Å². The van der Waals surface area contributed by atoms with Crippen molar-refractivity contribution in [2.75, 3.05) is 26.7 Å². The van der Waals surface area contributed by atoms with Crippen molar-refractivity contribution in [1.29, 1.82) is 0 Å². The zero-order valence-electron chi connectivity index (χ0n) is 18.3. The highest BCUT2D eigenvalue weighted by atomic mass is 35.5. The van der Waals surface area contributed by atoms with E-state index in [0.717, 1.165) is 11.6 Å². The molecule has 27 heavy (non-hydrogen) atoms. The van der Waals surface area contributed by atoms with Gasteiger partial charge in [0.25, 0.3) is 0 Å². The van der Waals surface area contributed by atoms with Gasteiger partial charge in [-0.25, -0.2) is 0 Å². The van der Waals surface area contributed by atoms with E-state index in [1.54, 1.807) is 0 Å². The fourth-order valence-electron chi connectivity index (χ4n) is 5.06. The van der Waals surface area contributed by atoms with Crippen LogP contribution in [0.2, 0.25) is 5.02 Å². The Hall–Kier alpha value is -0.570. The molecule has 0 spiro atoms. The zero-order chi connectivity index (χ0) is 19.9. The highest BCUT2D eigenvalue weighted by Gasteiger charge is 2.44. The summed E-state index contributed by atoms with van der Waals surface area (Å²) in [6.07, 6.45) is 8.87. The summed E-state index contributed by atoms with van der Waals surface area (Å²) in [5.74, 6) is 0.699. The van der Waals surface area contributed by atoms with E-state index >= 15 is 0 Å². The first-order valence-electron chi connectivity index (χ1n) is 11.2. The van der Waals surface area contributed by atoms with Crippen LogP contribution in [0.25, 0.3) is 0 Å². The van der Waals surface area contributed by atoms with Crippen LogP contribution in [-0.4, -0.2) is 42.5 Å². The molecule has 0 N–H and O–H groups in total. The second-order valence-corrected chi connectivity index (χ2v) is 9.03. The van der Waals surface area contributed by atoms with Gasteiger partial charge in [0.2, 0.25) is 0 Å². The van der Waals surface area contributed by atoms with Crippen LogP contribution in [0.3, 0.4) is 0 Å². The van der Waals surface area contributed by atoms with Gasteiger partial charge in [-0.1, -0.05) is 64.3 Å². The third kappa shape index (κ3) is 5.49. The molecule has 0 bridgehead atoms. The maximum Gasteiger partial charge on any atom is 0.0464 e.